The van der Waals surface area contributed by atoms with Crippen LogP contribution >= 0.6 is 0 Å². The van der Waals surface area contributed by atoms with E-state index in [1.54, 1.807) is 0 Å². The van der Waals surface area contributed by atoms with Gasteiger partial charge >= 0.3 is 59.7 Å². The quantitative estimate of drug-likeness (QED) is 0.275. The van der Waals surface area contributed by atoms with E-state index >= 15 is 0 Å². The summed E-state index contributed by atoms with van der Waals surface area (Å²) in [6, 6.07) is 0. The molecule has 0 N–H and O–H groups in total. The molecule has 23 heteroatoms. The van der Waals surface area contributed by atoms with Crippen molar-refractivity contribution >= 4 is 0 Å². The van der Waals surface area contributed by atoms with Crippen LogP contribution in [0, 0.1) is 0 Å². The summed E-state index contributed by atoms with van der Waals surface area (Å²) in [7, 11) is 0. The molecule has 0 aliphatic rings. The van der Waals surface area contributed by atoms with E-state index in [0.29, 0.717) is 0 Å². The van der Waals surface area contributed by atoms with Gasteiger partial charge in [-0.05, 0) is 0 Å². The van der Waals surface area contributed by atoms with Crippen molar-refractivity contribution in [1.29, 1.82) is 0 Å². The van der Waals surface area contributed by atoms with E-state index in [2.05, 4.69) is 4.74 Å². The Morgan fingerprint density at radius 1 is 0.314 bits per heavy atom. The van der Waals surface area contributed by atoms with Crippen molar-refractivity contribution in [2.45, 2.75) is 59.7 Å². The number of rotatable bonds is 8. The standard InChI is InChI=1S/C12H4F22O/c13-3(14,7(19,20)5(17,9(23,24)25)10(26,27)28)1-35-2-4(15,16)8(21,22)6(18,11(29,30)31)12(32,33)34/h1-2H2. The second-order valence-electron chi connectivity index (χ2n) is 6.36. The molecule has 0 aliphatic carbocycles. The molecule has 0 bridgehead atoms. The van der Waals surface area contributed by atoms with Crippen molar-refractivity contribution < 1.29 is 101 Å². The van der Waals surface area contributed by atoms with Gasteiger partial charge in [0, 0.05) is 0 Å². The number of hydrogen-bond donors (Lipinski definition) is 0. The Morgan fingerprint density at radius 2 is 0.486 bits per heavy atom. The summed E-state index contributed by atoms with van der Waals surface area (Å²) in [6.07, 6.45) is -31.7. The van der Waals surface area contributed by atoms with E-state index in [1.807, 2.05) is 0 Å². The summed E-state index contributed by atoms with van der Waals surface area (Å²) in [5.41, 5.74) is -16.3. The van der Waals surface area contributed by atoms with Gasteiger partial charge in [-0.15, -0.1) is 0 Å². The predicted molar refractivity (Wildman–Crippen MR) is 62.5 cm³/mol. The third-order valence-electron chi connectivity index (χ3n) is 3.91. The fourth-order valence-corrected chi connectivity index (χ4v) is 2.03. The summed E-state index contributed by atoms with van der Waals surface area (Å²) in [5.74, 6) is -30.6. The van der Waals surface area contributed by atoms with Crippen LogP contribution in [-0.2, 0) is 4.74 Å². The van der Waals surface area contributed by atoms with Gasteiger partial charge in [-0.25, -0.2) is 8.78 Å². The molecule has 212 valence electrons. The van der Waals surface area contributed by atoms with Crippen LogP contribution in [0.4, 0.5) is 96.6 Å². The molecule has 0 spiro atoms. The lowest BCUT2D eigenvalue weighted by atomic mass is 9.90. The maximum Gasteiger partial charge on any atom is 0.438 e. The molecule has 0 radical (unpaired) electrons. The Labute approximate surface area is 176 Å². The van der Waals surface area contributed by atoms with Crippen LogP contribution in [0.2, 0.25) is 0 Å². The van der Waals surface area contributed by atoms with Crippen molar-refractivity contribution in [2.75, 3.05) is 13.2 Å². The Kier molecular flexibility index (Phi) is 8.10. The maximum atomic E-state index is 13.3. The molecule has 0 saturated heterocycles. The number of halogens is 22. The molecule has 0 aliphatic heterocycles. The zero-order valence-electron chi connectivity index (χ0n) is 15.1. The maximum absolute atomic E-state index is 13.3. The Bertz CT molecular complexity index is 643. The van der Waals surface area contributed by atoms with E-state index in [4.69, 9.17) is 0 Å². The summed E-state index contributed by atoms with van der Waals surface area (Å²) < 4.78 is 282. The normalized spacial score (nSPS) is 16.6. The van der Waals surface area contributed by atoms with Crippen LogP contribution in [-0.4, -0.2) is 72.9 Å². The molecule has 0 aromatic carbocycles. The second kappa shape index (κ2) is 8.48. The lowest BCUT2D eigenvalue weighted by molar-refractivity contribution is -0.434. The smallest absolute Gasteiger partial charge is 0.368 e. The third kappa shape index (κ3) is 4.88. The SMILES string of the molecule is FC(F)(F)C(F)(C(F)(F)F)C(F)(F)C(F)(F)COCC(F)(F)C(F)(F)C(F)(C(F)(F)F)C(F)(F)F. The lowest BCUT2D eigenvalue weighted by Gasteiger charge is -2.40. The molecule has 0 unspecified atom stereocenters. The van der Waals surface area contributed by atoms with Crippen LogP contribution in [0.15, 0.2) is 0 Å². The zero-order chi connectivity index (χ0) is 29.1. The highest BCUT2D eigenvalue weighted by molar-refractivity contribution is 5.12. The fraction of sp³-hybridized carbons (Fsp3) is 1.00. The Balaban J connectivity index is 6.20. The zero-order valence-corrected chi connectivity index (χ0v) is 15.1. The lowest BCUT2D eigenvalue weighted by Crippen LogP contribution is -2.71. The summed E-state index contributed by atoms with van der Waals surface area (Å²) in [6.45, 7) is -8.11. The van der Waals surface area contributed by atoms with Gasteiger partial charge in [0.1, 0.15) is 13.2 Å². The molecule has 0 atom stereocenters. The first-order valence-corrected chi connectivity index (χ1v) is 7.44. The molecular weight excluding hydrogens is 578 g/mol. The van der Waals surface area contributed by atoms with Crippen LogP contribution < -0.4 is 0 Å². The van der Waals surface area contributed by atoms with Gasteiger partial charge in [-0.1, -0.05) is 0 Å². The molecule has 0 amide bonds. The molecule has 0 fully saturated rings. The second-order valence-corrected chi connectivity index (χ2v) is 6.36. The van der Waals surface area contributed by atoms with Crippen molar-refractivity contribution in [2.24, 2.45) is 0 Å². The highest BCUT2D eigenvalue weighted by Crippen LogP contribution is 2.60. The van der Waals surface area contributed by atoms with Gasteiger partial charge in [0.15, 0.2) is 0 Å². The highest BCUT2D eigenvalue weighted by atomic mass is 19.4. The average Bonchev–Trinajstić information content (AvgIpc) is 2.55. The fourth-order valence-electron chi connectivity index (χ4n) is 2.03. The molecule has 0 aromatic heterocycles. The summed E-state index contributed by atoms with van der Waals surface area (Å²) in [5, 5.41) is 0. The highest BCUT2D eigenvalue weighted by Gasteiger charge is 2.91. The molecule has 0 saturated carbocycles. The van der Waals surface area contributed by atoms with Gasteiger partial charge in [0.25, 0.3) is 0 Å². The third-order valence-corrected chi connectivity index (χ3v) is 3.91. The van der Waals surface area contributed by atoms with Gasteiger partial charge in [-0.2, -0.15) is 87.8 Å². The monoisotopic (exact) mass is 582 g/mol. The molecule has 35 heavy (non-hydrogen) atoms. The van der Waals surface area contributed by atoms with Gasteiger partial charge in [0.2, 0.25) is 0 Å². The van der Waals surface area contributed by atoms with Crippen LogP contribution in [0.25, 0.3) is 0 Å². The number of hydrogen-bond acceptors (Lipinski definition) is 1. The minimum Gasteiger partial charge on any atom is -0.368 e. The van der Waals surface area contributed by atoms with E-state index in [-0.39, 0.29) is 0 Å². The number of alkyl halides is 22. The van der Waals surface area contributed by atoms with Gasteiger partial charge in [0.05, 0.1) is 0 Å². The van der Waals surface area contributed by atoms with E-state index in [1.165, 1.54) is 0 Å². The molecule has 0 aromatic rings. The van der Waals surface area contributed by atoms with E-state index < -0.39 is 72.9 Å². The average molecular weight is 582 g/mol. The molecular formula is C12H4F22O. The van der Waals surface area contributed by atoms with E-state index in [9.17, 15) is 96.6 Å². The minimum atomic E-state index is -8.17. The minimum absolute atomic E-state index is 2.51. The summed E-state index contributed by atoms with van der Waals surface area (Å²) >= 11 is 0. The molecule has 0 rings (SSSR count). The Morgan fingerprint density at radius 3 is 0.629 bits per heavy atom. The largest absolute Gasteiger partial charge is 0.438 e. The molecule has 1 nitrogen and oxygen atoms in total. The van der Waals surface area contributed by atoms with Crippen LogP contribution in [0.1, 0.15) is 0 Å². The van der Waals surface area contributed by atoms with Crippen LogP contribution in [0.5, 0.6) is 0 Å². The van der Waals surface area contributed by atoms with Gasteiger partial charge < -0.3 is 4.74 Å². The molecule has 0 heterocycles. The first kappa shape index (κ1) is 33.4. The van der Waals surface area contributed by atoms with Crippen molar-refractivity contribution in [3.8, 4) is 0 Å². The summed E-state index contributed by atoms with van der Waals surface area (Å²) in [4.78, 5) is 0. The van der Waals surface area contributed by atoms with Crippen LogP contribution in [0.3, 0.4) is 0 Å². The number of ether oxygens (including phenoxy) is 1. The Hall–Kier alpha value is -1.58. The first-order chi connectivity index (χ1) is 14.7. The van der Waals surface area contributed by atoms with Crippen molar-refractivity contribution in [1.82, 2.24) is 0 Å². The van der Waals surface area contributed by atoms with E-state index in [0.717, 1.165) is 0 Å². The first-order valence-electron chi connectivity index (χ1n) is 7.44. The van der Waals surface area contributed by atoms with Crippen molar-refractivity contribution in [3.63, 3.8) is 0 Å². The van der Waals surface area contributed by atoms with Crippen molar-refractivity contribution in [3.05, 3.63) is 0 Å². The topological polar surface area (TPSA) is 9.23 Å². The van der Waals surface area contributed by atoms with Gasteiger partial charge in [-0.3, -0.25) is 0 Å². The predicted octanol–water partition coefficient (Wildman–Crippen LogP) is 7.21.